The molecule has 0 spiro atoms. The summed E-state index contributed by atoms with van der Waals surface area (Å²) in [5.74, 6) is -0.300. The number of pyridine rings is 1. The van der Waals surface area contributed by atoms with Crippen LogP contribution in [0.15, 0.2) is 69.6 Å². The Kier molecular flexibility index (Phi) is 5.72. The zero-order valence-corrected chi connectivity index (χ0v) is 17.6. The number of ether oxygens (including phenoxy) is 1. The van der Waals surface area contributed by atoms with Crippen LogP contribution in [-0.4, -0.2) is 33.8 Å². The maximum absolute atomic E-state index is 12.5. The zero-order chi connectivity index (χ0) is 17.8. The van der Waals surface area contributed by atoms with Crippen molar-refractivity contribution in [2.45, 2.75) is 6.92 Å². The molecule has 0 amide bonds. The summed E-state index contributed by atoms with van der Waals surface area (Å²) in [6, 6.07) is 17.9. The van der Waals surface area contributed by atoms with Crippen molar-refractivity contribution >= 4 is 58.5 Å². The molecule has 0 bridgehead atoms. The van der Waals surface area contributed by atoms with Gasteiger partial charge in [0.05, 0.1) is 0 Å². The summed E-state index contributed by atoms with van der Waals surface area (Å²) < 4.78 is 8.29. The monoisotopic (exact) mass is 457 g/mol. The molecule has 0 fully saturated rings. The first-order valence-corrected chi connectivity index (χ1v) is 10.7. The summed E-state index contributed by atoms with van der Waals surface area (Å²) >= 11 is 2.85. The van der Waals surface area contributed by atoms with Crippen molar-refractivity contribution in [1.82, 2.24) is 4.98 Å². The third-order valence-corrected chi connectivity index (χ3v) is 7.36. The van der Waals surface area contributed by atoms with Crippen molar-refractivity contribution in [3.05, 3.63) is 75.2 Å². The van der Waals surface area contributed by atoms with Gasteiger partial charge in [0.25, 0.3) is 0 Å². The van der Waals surface area contributed by atoms with E-state index in [9.17, 15) is 4.79 Å². The van der Waals surface area contributed by atoms with Crippen LogP contribution < -0.4 is 4.35 Å². The van der Waals surface area contributed by atoms with Gasteiger partial charge in [-0.2, -0.15) is 0 Å². The number of benzene rings is 2. The summed E-state index contributed by atoms with van der Waals surface area (Å²) in [5, 5.41) is 1.15. The topological polar surface area (TPSA) is 39.2 Å². The summed E-state index contributed by atoms with van der Waals surface area (Å²) in [6.45, 7) is 2.03. The molecule has 2 aromatic carbocycles. The van der Waals surface area contributed by atoms with Crippen LogP contribution in [0.3, 0.4) is 0 Å². The molecule has 0 radical (unpaired) electrons. The summed E-state index contributed by atoms with van der Waals surface area (Å²) in [5.41, 5.74) is 2.50. The van der Waals surface area contributed by atoms with Gasteiger partial charge in [0.1, 0.15) is 0 Å². The molecule has 0 saturated heterocycles. The molecule has 0 aliphatic rings. The molecule has 3 nitrogen and oxygen atoms in total. The van der Waals surface area contributed by atoms with Crippen LogP contribution in [-0.2, 0) is 9.53 Å². The molecule has 1 heterocycles. The molecule has 5 heteroatoms. The standard InChI is InChI=1S/C20H17AsBrNO2/c1-13(19(20(24)25-2)15-7-3-4-10-17(15)22)21-16-9-5-11-18-14(16)8-6-12-23-18/h3-12,21H,1-2H3. The van der Waals surface area contributed by atoms with Gasteiger partial charge in [-0.1, -0.05) is 0 Å². The molecule has 0 N–H and O–H groups in total. The quantitative estimate of drug-likeness (QED) is 0.341. The number of halogens is 1. The maximum atomic E-state index is 12.5. The Morgan fingerprint density at radius 3 is 2.64 bits per heavy atom. The van der Waals surface area contributed by atoms with Crippen molar-refractivity contribution < 1.29 is 9.53 Å². The second-order valence-corrected chi connectivity index (χ2v) is 9.55. The molecular weight excluding hydrogens is 441 g/mol. The van der Waals surface area contributed by atoms with E-state index in [1.807, 2.05) is 49.4 Å². The second-order valence-electron chi connectivity index (χ2n) is 5.47. The molecule has 3 aromatic rings. The van der Waals surface area contributed by atoms with Crippen LogP contribution in [0.25, 0.3) is 16.5 Å². The minimum absolute atomic E-state index is 0.300. The van der Waals surface area contributed by atoms with Crippen LogP contribution in [0.2, 0.25) is 0 Å². The number of aromatic nitrogens is 1. The fourth-order valence-electron chi connectivity index (χ4n) is 2.71. The average Bonchev–Trinajstić information content (AvgIpc) is 2.63. The molecule has 0 aliphatic carbocycles. The fraction of sp³-hybridized carbons (Fsp3) is 0.100. The van der Waals surface area contributed by atoms with Gasteiger partial charge >= 0.3 is 162 Å². The molecule has 3 rings (SSSR count). The Labute approximate surface area is 161 Å². The molecule has 1 atom stereocenters. The van der Waals surface area contributed by atoms with Gasteiger partial charge in [-0.3, -0.25) is 0 Å². The van der Waals surface area contributed by atoms with Gasteiger partial charge in [0, 0.05) is 0 Å². The number of allylic oxidation sites excluding steroid dienone is 1. The van der Waals surface area contributed by atoms with Crippen LogP contribution in [0, 0.1) is 0 Å². The van der Waals surface area contributed by atoms with Gasteiger partial charge in [-0.15, -0.1) is 0 Å². The number of fused-ring (bicyclic) bond motifs is 1. The molecule has 1 unspecified atom stereocenters. The molecule has 0 aliphatic heterocycles. The molecule has 126 valence electrons. The molecule has 25 heavy (non-hydrogen) atoms. The van der Waals surface area contributed by atoms with Crippen LogP contribution in [0.4, 0.5) is 0 Å². The summed E-state index contributed by atoms with van der Waals surface area (Å²) in [7, 11) is 1.42. The van der Waals surface area contributed by atoms with Gasteiger partial charge in [-0.25, -0.2) is 0 Å². The van der Waals surface area contributed by atoms with E-state index in [0.29, 0.717) is 5.57 Å². The first-order valence-electron chi connectivity index (χ1n) is 7.76. The molecule has 1 aromatic heterocycles. The van der Waals surface area contributed by atoms with Crippen molar-refractivity contribution in [1.29, 1.82) is 0 Å². The fourth-order valence-corrected chi connectivity index (χ4v) is 5.90. The van der Waals surface area contributed by atoms with E-state index in [1.165, 1.54) is 11.5 Å². The summed E-state index contributed by atoms with van der Waals surface area (Å²) in [6.07, 6.45) is 1.80. The SMILES string of the molecule is COC(=O)C(=C(C)[AsH]c1cccc2ncccc12)c1ccccc1Br. The van der Waals surface area contributed by atoms with Gasteiger partial charge in [0.15, 0.2) is 0 Å². The van der Waals surface area contributed by atoms with E-state index >= 15 is 0 Å². The van der Waals surface area contributed by atoms with Crippen molar-refractivity contribution in [2.24, 2.45) is 0 Å². The Morgan fingerprint density at radius 2 is 1.88 bits per heavy atom. The van der Waals surface area contributed by atoms with E-state index in [2.05, 4.69) is 33.0 Å². The average molecular weight is 458 g/mol. The Bertz CT molecular complexity index is 963. The van der Waals surface area contributed by atoms with E-state index in [0.717, 1.165) is 25.3 Å². The number of esters is 1. The summed E-state index contributed by atoms with van der Waals surface area (Å²) in [4.78, 5) is 16.9. The predicted molar refractivity (Wildman–Crippen MR) is 107 cm³/mol. The van der Waals surface area contributed by atoms with Gasteiger partial charge in [0.2, 0.25) is 0 Å². The third kappa shape index (κ3) is 3.86. The third-order valence-electron chi connectivity index (χ3n) is 3.88. The van der Waals surface area contributed by atoms with Crippen molar-refractivity contribution in [3.8, 4) is 0 Å². The van der Waals surface area contributed by atoms with Crippen LogP contribution in [0.1, 0.15) is 12.5 Å². The second kappa shape index (κ2) is 7.99. The van der Waals surface area contributed by atoms with E-state index < -0.39 is 15.8 Å². The van der Waals surface area contributed by atoms with Crippen LogP contribution >= 0.6 is 15.9 Å². The Balaban J connectivity index is 2.11. The van der Waals surface area contributed by atoms with E-state index in [4.69, 9.17) is 4.74 Å². The number of methoxy groups -OCH3 is 1. The van der Waals surface area contributed by atoms with Crippen molar-refractivity contribution in [3.63, 3.8) is 0 Å². The number of hydrogen-bond acceptors (Lipinski definition) is 3. The minimum atomic E-state index is -0.701. The number of carbonyl (C=O) groups excluding carboxylic acids is 1. The van der Waals surface area contributed by atoms with Gasteiger partial charge < -0.3 is 0 Å². The predicted octanol–water partition coefficient (Wildman–Crippen LogP) is 3.66. The number of carbonyl (C=O) groups is 1. The first kappa shape index (κ1) is 17.9. The zero-order valence-electron chi connectivity index (χ0n) is 13.9. The Morgan fingerprint density at radius 1 is 1.08 bits per heavy atom. The number of rotatable bonds is 4. The van der Waals surface area contributed by atoms with Crippen LogP contribution in [0.5, 0.6) is 0 Å². The Hall–Kier alpha value is -1.90. The number of nitrogens with zero attached hydrogens (tertiary/aromatic N) is 1. The van der Waals surface area contributed by atoms with E-state index in [-0.39, 0.29) is 5.97 Å². The van der Waals surface area contributed by atoms with E-state index in [1.54, 1.807) is 6.20 Å². The normalized spacial score (nSPS) is 12.4. The van der Waals surface area contributed by atoms with Gasteiger partial charge in [-0.05, 0) is 0 Å². The first-order chi connectivity index (χ1) is 12.1. The van der Waals surface area contributed by atoms with Crippen molar-refractivity contribution in [2.75, 3.05) is 7.11 Å². The molecular formula is C20H17AsBrNO2. The number of hydrogen-bond donors (Lipinski definition) is 0. The molecule has 0 saturated carbocycles.